The molecule has 0 unspecified atom stereocenters. The molecule has 0 heteroatoms. The normalized spacial score (nSPS) is 11.2. The van der Waals surface area contributed by atoms with Crippen LogP contribution in [0.4, 0.5) is 0 Å². The number of hydrogen-bond donors (Lipinski definition) is 0. The highest BCUT2D eigenvalue weighted by Crippen LogP contribution is 2.43. The Morgan fingerprint density at radius 2 is 0.821 bits per heavy atom. The molecular weight excluding hydrogens is 336 g/mol. The first-order chi connectivity index (χ1) is 13.8. The van der Waals surface area contributed by atoms with E-state index in [0.29, 0.717) is 0 Å². The number of hydrogen-bond acceptors (Lipinski definition) is 0. The Bertz CT molecular complexity index is 1270. The minimum absolute atomic E-state index is 1.29. The van der Waals surface area contributed by atoms with E-state index in [0.717, 1.165) is 0 Å². The van der Waals surface area contributed by atoms with Crippen molar-refractivity contribution >= 4 is 21.5 Å². The zero-order valence-corrected chi connectivity index (χ0v) is 16.2. The predicted molar refractivity (Wildman–Crippen MR) is 122 cm³/mol. The molecule has 0 aliphatic carbocycles. The average Bonchev–Trinajstić information content (AvgIpc) is 2.75. The molecule has 0 aliphatic rings. The molecule has 0 fully saturated rings. The molecule has 0 saturated heterocycles. The molecule has 5 aromatic rings. The third kappa shape index (κ3) is 2.53. The summed E-state index contributed by atoms with van der Waals surface area (Å²) in [4.78, 5) is 0. The molecule has 0 saturated carbocycles. The van der Waals surface area contributed by atoms with E-state index >= 15 is 0 Å². The van der Waals surface area contributed by atoms with Gasteiger partial charge in [-0.2, -0.15) is 0 Å². The summed E-state index contributed by atoms with van der Waals surface area (Å²) in [7, 11) is 0. The quantitative estimate of drug-likeness (QED) is 0.281. The Morgan fingerprint density at radius 3 is 1.39 bits per heavy atom. The third-order valence-electron chi connectivity index (χ3n) is 5.83. The van der Waals surface area contributed by atoms with E-state index < -0.39 is 0 Å². The van der Waals surface area contributed by atoms with Crippen LogP contribution < -0.4 is 0 Å². The van der Waals surface area contributed by atoms with Gasteiger partial charge in [-0.1, -0.05) is 97.1 Å². The zero-order chi connectivity index (χ0) is 19.1. The summed E-state index contributed by atoms with van der Waals surface area (Å²) in [6.07, 6.45) is 0. The van der Waals surface area contributed by atoms with Crippen molar-refractivity contribution in [3.05, 3.63) is 108 Å². The molecule has 0 aliphatic heterocycles. The SMILES string of the molecule is Cc1ccccc1-c1ccccc1-c1c2ccccc2c(C)c2ccccc12. The highest BCUT2D eigenvalue weighted by Gasteiger charge is 2.16. The monoisotopic (exact) mass is 358 g/mol. The number of benzene rings is 5. The molecule has 0 heterocycles. The van der Waals surface area contributed by atoms with E-state index in [2.05, 4.69) is 111 Å². The van der Waals surface area contributed by atoms with E-state index in [1.165, 1.54) is 54.9 Å². The van der Waals surface area contributed by atoms with Crippen molar-refractivity contribution < 1.29 is 0 Å². The van der Waals surface area contributed by atoms with Crippen molar-refractivity contribution in [2.75, 3.05) is 0 Å². The zero-order valence-electron chi connectivity index (χ0n) is 16.2. The molecule has 0 nitrogen and oxygen atoms in total. The minimum atomic E-state index is 1.29. The molecular formula is C28H22. The second kappa shape index (κ2) is 6.65. The van der Waals surface area contributed by atoms with Gasteiger partial charge in [-0.15, -0.1) is 0 Å². The van der Waals surface area contributed by atoms with Crippen LogP contribution in [0.3, 0.4) is 0 Å². The van der Waals surface area contributed by atoms with Gasteiger partial charge in [0.15, 0.2) is 0 Å². The molecule has 0 N–H and O–H groups in total. The van der Waals surface area contributed by atoms with Crippen LogP contribution in [0.25, 0.3) is 43.8 Å². The lowest BCUT2D eigenvalue weighted by Crippen LogP contribution is -1.92. The molecule has 28 heavy (non-hydrogen) atoms. The molecule has 0 amide bonds. The smallest absolute Gasteiger partial charge is 0.00204 e. The van der Waals surface area contributed by atoms with Gasteiger partial charge in [-0.3, -0.25) is 0 Å². The Kier molecular flexibility index (Phi) is 3.98. The van der Waals surface area contributed by atoms with Gasteiger partial charge in [0, 0.05) is 0 Å². The van der Waals surface area contributed by atoms with Gasteiger partial charge < -0.3 is 0 Å². The van der Waals surface area contributed by atoms with Crippen molar-refractivity contribution in [3.8, 4) is 22.3 Å². The van der Waals surface area contributed by atoms with E-state index in [1.807, 2.05) is 0 Å². The van der Waals surface area contributed by atoms with Crippen molar-refractivity contribution in [2.24, 2.45) is 0 Å². The van der Waals surface area contributed by atoms with Crippen LogP contribution in [0.1, 0.15) is 11.1 Å². The molecule has 0 bridgehead atoms. The van der Waals surface area contributed by atoms with E-state index in [1.54, 1.807) is 0 Å². The number of fused-ring (bicyclic) bond motifs is 2. The molecule has 0 atom stereocenters. The van der Waals surface area contributed by atoms with Gasteiger partial charge >= 0.3 is 0 Å². The fraction of sp³-hybridized carbons (Fsp3) is 0.0714. The van der Waals surface area contributed by atoms with Crippen LogP contribution in [0.5, 0.6) is 0 Å². The van der Waals surface area contributed by atoms with Crippen LogP contribution in [0, 0.1) is 13.8 Å². The second-order valence-corrected chi connectivity index (χ2v) is 7.45. The summed E-state index contributed by atoms with van der Waals surface area (Å²) in [6.45, 7) is 4.43. The molecule has 5 rings (SSSR count). The topological polar surface area (TPSA) is 0 Å². The molecule has 134 valence electrons. The van der Waals surface area contributed by atoms with Crippen molar-refractivity contribution in [2.45, 2.75) is 13.8 Å². The van der Waals surface area contributed by atoms with Crippen LogP contribution in [0.2, 0.25) is 0 Å². The fourth-order valence-corrected chi connectivity index (χ4v) is 4.45. The summed E-state index contributed by atoms with van der Waals surface area (Å²) in [6, 6.07) is 35.1. The first-order valence-corrected chi connectivity index (χ1v) is 9.81. The summed E-state index contributed by atoms with van der Waals surface area (Å²) >= 11 is 0. The maximum absolute atomic E-state index is 2.27. The number of aryl methyl sites for hydroxylation is 2. The van der Waals surface area contributed by atoms with Gasteiger partial charge in [-0.05, 0) is 68.8 Å². The molecule has 5 aromatic carbocycles. The summed E-state index contributed by atoms with van der Waals surface area (Å²) in [5, 5.41) is 5.30. The van der Waals surface area contributed by atoms with Crippen LogP contribution in [-0.2, 0) is 0 Å². The fourth-order valence-electron chi connectivity index (χ4n) is 4.45. The second-order valence-electron chi connectivity index (χ2n) is 7.45. The Hall–Kier alpha value is -3.38. The summed E-state index contributed by atoms with van der Waals surface area (Å²) < 4.78 is 0. The predicted octanol–water partition coefficient (Wildman–Crippen LogP) is 7.94. The third-order valence-corrected chi connectivity index (χ3v) is 5.83. The molecule has 0 aromatic heterocycles. The van der Waals surface area contributed by atoms with E-state index in [-0.39, 0.29) is 0 Å². The van der Waals surface area contributed by atoms with Gasteiger partial charge in [-0.25, -0.2) is 0 Å². The van der Waals surface area contributed by atoms with Crippen molar-refractivity contribution in [1.82, 2.24) is 0 Å². The summed E-state index contributed by atoms with van der Waals surface area (Å²) in [5.74, 6) is 0. The molecule has 0 radical (unpaired) electrons. The van der Waals surface area contributed by atoms with Crippen LogP contribution in [-0.4, -0.2) is 0 Å². The standard InChI is InChI=1S/C28H22/c1-19-11-3-4-12-21(19)24-15-7-10-18-27(24)28-25-16-8-5-13-22(25)20(2)23-14-6-9-17-26(23)28/h3-18H,1-2H3. The Balaban J connectivity index is 1.97. The van der Waals surface area contributed by atoms with Gasteiger partial charge in [0.1, 0.15) is 0 Å². The van der Waals surface area contributed by atoms with Crippen LogP contribution in [0.15, 0.2) is 97.1 Å². The summed E-state index contributed by atoms with van der Waals surface area (Å²) in [5.41, 5.74) is 7.87. The van der Waals surface area contributed by atoms with Gasteiger partial charge in [0.25, 0.3) is 0 Å². The molecule has 0 spiro atoms. The maximum Gasteiger partial charge on any atom is -0.00204 e. The van der Waals surface area contributed by atoms with Crippen LogP contribution >= 0.6 is 0 Å². The first kappa shape index (κ1) is 16.8. The van der Waals surface area contributed by atoms with E-state index in [4.69, 9.17) is 0 Å². The Morgan fingerprint density at radius 1 is 0.393 bits per heavy atom. The highest BCUT2D eigenvalue weighted by molar-refractivity contribution is 6.16. The van der Waals surface area contributed by atoms with Crippen molar-refractivity contribution in [3.63, 3.8) is 0 Å². The lowest BCUT2D eigenvalue weighted by atomic mass is 9.85. The van der Waals surface area contributed by atoms with Gasteiger partial charge in [0.2, 0.25) is 0 Å². The minimum Gasteiger partial charge on any atom is -0.0620 e. The number of rotatable bonds is 2. The van der Waals surface area contributed by atoms with E-state index in [9.17, 15) is 0 Å². The Labute approximate surface area is 166 Å². The average molecular weight is 358 g/mol. The maximum atomic E-state index is 2.27. The highest BCUT2D eigenvalue weighted by atomic mass is 14.2. The lowest BCUT2D eigenvalue weighted by Gasteiger charge is -2.18. The first-order valence-electron chi connectivity index (χ1n) is 9.81. The largest absolute Gasteiger partial charge is 0.0620 e. The van der Waals surface area contributed by atoms with Gasteiger partial charge in [0.05, 0.1) is 0 Å². The van der Waals surface area contributed by atoms with Crippen molar-refractivity contribution in [1.29, 1.82) is 0 Å². The lowest BCUT2D eigenvalue weighted by molar-refractivity contribution is 1.46.